The zero-order chi connectivity index (χ0) is 17.2. The molecule has 6 nitrogen and oxygen atoms in total. The summed E-state index contributed by atoms with van der Waals surface area (Å²) in [4.78, 5) is 24.5. The van der Waals surface area contributed by atoms with Crippen LogP contribution in [0.4, 0.5) is 0 Å². The number of nitrogens with one attached hydrogen (secondary N) is 1. The highest BCUT2D eigenvalue weighted by atomic mass is 16.5. The molecule has 4 atom stereocenters. The van der Waals surface area contributed by atoms with E-state index < -0.39 is 35.5 Å². The first kappa shape index (κ1) is 17.4. The lowest BCUT2D eigenvalue weighted by molar-refractivity contribution is -0.167. The highest BCUT2D eigenvalue weighted by Gasteiger charge is 2.61. The molecule has 1 fully saturated rings. The number of carbonyl (C=O) groups excluding carboxylic acids is 2. The number of aliphatic hydroxyl groups is 2. The maximum absolute atomic E-state index is 12.6. The summed E-state index contributed by atoms with van der Waals surface area (Å²) in [6, 6.07) is 9.07. The molecule has 1 aliphatic rings. The average molecular weight is 321 g/mol. The van der Waals surface area contributed by atoms with Crippen molar-refractivity contribution in [2.75, 3.05) is 0 Å². The van der Waals surface area contributed by atoms with Gasteiger partial charge in [-0.05, 0) is 11.5 Å². The molecule has 0 aliphatic carbocycles. The minimum absolute atomic E-state index is 0.00318. The molecule has 0 saturated carbocycles. The van der Waals surface area contributed by atoms with E-state index in [-0.39, 0.29) is 12.5 Å². The molecule has 1 aromatic rings. The van der Waals surface area contributed by atoms with Gasteiger partial charge in [0.05, 0.1) is 12.0 Å². The van der Waals surface area contributed by atoms with Crippen LogP contribution in [0.2, 0.25) is 0 Å². The van der Waals surface area contributed by atoms with Gasteiger partial charge >= 0.3 is 5.97 Å². The van der Waals surface area contributed by atoms with E-state index in [0.717, 1.165) is 5.56 Å². The molecule has 6 heteroatoms. The van der Waals surface area contributed by atoms with Crippen LogP contribution in [0.15, 0.2) is 30.3 Å². The number of carbonyl (C=O) groups is 2. The Kier molecular flexibility index (Phi) is 5.06. The normalized spacial score (nSPS) is 28.5. The van der Waals surface area contributed by atoms with E-state index in [1.54, 1.807) is 26.0 Å². The summed E-state index contributed by atoms with van der Waals surface area (Å²) >= 11 is 0. The third-order valence-corrected chi connectivity index (χ3v) is 4.33. The van der Waals surface area contributed by atoms with Crippen molar-refractivity contribution in [2.45, 2.75) is 45.1 Å². The van der Waals surface area contributed by atoms with Crippen molar-refractivity contribution in [2.24, 2.45) is 11.8 Å². The highest BCUT2D eigenvalue weighted by molar-refractivity contribution is 5.95. The molecule has 1 aliphatic heterocycles. The first-order chi connectivity index (χ1) is 10.8. The number of amides is 1. The van der Waals surface area contributed by atoms with Gasteiger partial charge in [-0.15, -0.1) is 0 Å². The molecular weight excluding hydrogens is 298 g/mol. The van der Waals surface area contributed by atoms with Gasteiger partial charge in [0.2, 0.25) is 5.91 Å². The molecule has 0 aromatic heterocycles. The summed E-state index contributed by atoms with van der Waals surface area (Å²) in [7, 11) is 0. The van der Waals surface area contributed by atoms with Crippen molar-refractivity contribution < 1.29 is 24.5 Å². The van der Waals surface area contributed by atoms with E-state index >= 15 is 0 Å². The summed E-state index contributed by atoms with van der Waals surface area (Å²) in [5, 5.41) is 23.4. The molecule has 0 radical (unpaired) electrons. The zero-order valence-electron chi connectivity index (χ0n) is 13.5. The predicted octanol–water partition coefficient (Wildman–Crippen LogP) is 0.612. The van der Waals surface area contributed by atoms with Gasteiger partial charge in [0.1, 0.15) is 12.7 Å². The van der Waals surface area contributed by atoms with E-state index in [1.165, 1.54) is 6.92 Å². The fourth-order valence-corrected chi connectivity index (χ4v) is 2.84. The Morgan fingerprint density at radius 2 is 1.96 bits per heavy atom. The van der Waals surface area contributed by atoms with Crippen LogP contribution in [0.3, 0.4) is 0 Å². The fraction of sp³-hybridized carbons (Fsp3) is 0.529. The molecule has 1 amide bonds. The smallest absolute Gasteiger partial charge is 0.337 e. The largest absolute Gasteiger partial charge is 0.459 e. The van der Waals surface area contributed by atoms with Crippen LogP contribution in [0.5, 0.6) is 0 Å². The van der Waals surface area contributed by atoms with Gasteiger partial charge in [-0.1, -0.05) is 51.1 Å². The van der Waals surface area contributed by atoms with Crippen molar-refractivity contribution in [3.05, 3.63) is 35.9 Å². The second-order valence-electron chi connectivity index (χ2n) is 6.34. The van der Waals surface area contributed by atoms with Crippen LogP contribution in [-0.4, -0.2) is 39.8 Å². The van der Waals surface area contributed by atoms with Gasteiger partial charge in [-0.2, -0.15) is 0 Å². The molecule has 1 heterocycles. The van der Waals surface area contributed by atoms with Crippen LogP contribution in [0, 0.1) is 11.8 Å². The highest BCUT2D eigenvalue weighted by Crippen LogP contribution is 2.33. The lowest BCUT2D eigenvalue weighted by Gasteiger charge is -2.36. The maximum Gasteiger partial charge on any atom is 0.337 e. The van der Waals surface area contributed by atoms with Crippen LogP contribution in [0.25, 0.3) is 0 Å². The fourth-order valence-electron chi connectivity index (χ4n) is 2.84. The third-order valence-electron chi connectivity index (χ3n) is 4.33. The van der Waals surface area contributed by atoms with E-state index in [1.807, 2.05) is 18.2 Å². The summed E-state index contributed by atoms with van der Waals surface area (Å²) in [5.41, 5.74) is -1.05. The Morgan fingerprint density at radius 1 is 1.35 bits per heavy atom. The van der Waals surface area contributed by atoms with Crippen LogP contribution in [0.1, 0.15) is 26.3 Å². The van der Waals surface area contributed by atoms with Crippen molar-refractivity contribution in [3.63, 3.8) is 0 Å². The van der Waals surface area contributed by atoms with Gasteiger partial charge in [0, 0.05) is 0 Å². The average Bonchev–Trinajstić information content (AvgIpc) is 2.78. The number of rotatable bonds is 5. The number of hydrogen-bond acceptors (Lipinski definition) is 5. The Hall–Kier alpha value is -1.92. The summed E-state index contributed by atoms with van der Waals surface area (Å²) < 4.78 is 5.28. The van der Waals surface area contributed by atoms with Gasteiger partial charge in [0.15, 0.2) is 5.54 Å². The molecule has 1 aromatic carbocycles. The van der Waals surface area contributed by atoms with Crippen molar-refractivity contribution in [1.29, 1.82) is 0 Å². The minimum atomic E-state index is -1.83. The molecule has 1 saturated heterocycles. The van der Waals surface area contributed by atoms with Crippen LogP contribution >= 0.6 is 0 Å². The van der Waals surface area contributed by atoms with E-state index in [0.29, 0.717) is 0 Å². The first-order valence-corrected chi connectivity index (χ1v) is 7.70. The molecule has 2 rings (SSSR count). The van der Waals surface area contributed by atoms with E-state index in [9.17, 15) is 19.8 Å². The first-order valence-electron chi connectivity index (χ1n) is 7.70. The van der Waals surface area contributed by atoms with Crippen LogP contribution < -0.4 is 5.32 Å². The van der Waals surface area contributed by atoms with E-state index in [4.69, 9.17) is 4.74 Å². The van der Waals surface area contributed by atoms with Crippen LogP contribution in [-0.2, 0) is 20.9 Å². The number of aliphatic hydroxyl groups excluding tert-OH is 2. The molecule has 23 heavy (non-hydrogen) atoms. The molecule has 126 valence electrons. The SMILES string of the molecule is CC(C)[C@H](O)[C@@]1(C(=O)OCc2ccccc2)NC(=O)[C@H](C)[C@@H]1O. The second kappa shape index (κ2) is 6.68. The number of benzene rings is 1. The summed E-state index contributed by atoms with van der Waals surface area (Å²) in [5.74, 6) is -2.45. The van der Waals surface area contributed by atoms with Gasteiger partial charge in [-0.3, -0.25) is 4.79 Å². The Bertz CT molecular complexity index is 574. The van der Waals surface area contributed by atoms with Crippen molar-refractivity contribution in [1.82, 2.24) is 5.32 Å². The van der Waals surface area contributed by atoms with E-state index in [2.05, 4.69) is 5.32 Å². The molecular formula is C17H23NO5. The third kappa shape index (κ3) is 3.09. The quantitative estimate of drug-likeness (QED) is 0.691. The Balaban J connectivity index is 2.24. The zero-order valence-corrected chi connectivity index (χ0v) is 13.5. The number of ether oxygens (including phenoxy) is 1. The lowest BCUT2D eigenvalue weighted by atomic mass is 9.80. The molecule has 3 N–H and O–H groups in total. The Morgan fingerprint density at radius 3 is 2.43 bits per heavy atom. The monoisotopic (exact) mass is 321 g/mol. The summed E-state index contributed by atoms with van der Waals surface area (Å²) in [6.07, 6.45) is -2.61. The van der Waals surface area contributed by atoms with Gasteiger partial charge in [0.25, 0.3) is 0 Å². The second-order valence-corrected chi connectivity index (χ2v) is 6.34. The maximum atomic E-state index is 12.6. The Labute approximate surface area is 135 Å². The van der Waals surface area contributed by atoms with Crippen molar-refractivity contribution >= 4 is 11.9 Å². The van der Waals surface area contributed by atoms with Gasteiger partial charge in [-0.25, -0.2) is 4.79 Å². The topological polar surface area (TPSA) is 95.9 Å². The number of esters is 1. The summed E-state index contributed by atoms with van der Waals surface area (Å²) in [6.45, 7) is 4.93. The standard InChI is InChI=1S/C17H23NO5/c1-10(2)13(19)17(14(20)11(3)15(21)18-17)16(22)23-9-12-7-5-4-6-8-12/h4-8,10-11,13-14,19-20H,9H2,1-3H3,(H,18,21)/t11-,13+,14+,17-/m1/s1. The molecule has 0 unspecified atom stereocenters. The number of hydrogen-bond donors (Lipinski definition) is 3. The lowest BCUT2D eigenvalue weighted by Crippen LogP contribution is -2.65. The predicted molar refractivity (Wildman–Crippen MR) is 83.1 cm³/mol. The van der Waals surface area contributed by atoms with Crippen molar-refractivity contribution in [3.8, 4) is 0 Å². The molecule has 0 bridgehead atoms. The minimum Gasteiger partial charge on any atom is -0.459 e. The molecule has 0 spiro atoms. The van der Waals surface area contributed by atoms with Gasteiger partial charge < -0.3 is 20.3 Å².